The van der Waals surface area contributed by atoms with Gasteiger partial charge in [0, 0.05) is 12.7 Å². The Morgan fingerprint density at radius 3 is 3.18 bits per heavy atom. The highest BCUT2D eigenvalue weighted by molar-refractivity contribution is 5.68. The summed E-state index contributed by atoms with van der Waals surface area (Å²) in [6.45, 7) is 2.30. The smallest absolute Gasteiger partial charge is 0.137 e. The zero-order valence-corrected chi connectivity index (χ0v) is 10.1. The highest BCUT2D eigenvalue weighted by atomic mass is 16.5. The van der Waals surface area contributed by atoms with E-state index in [0.29, 0.717) is 5.92 Å². The van der Waals surface area contributed by atoms with Gasteiger partial charge in [-0.25, -0.2) is 0 Å². The van der Waals surface area contributed by atoms with Crippen LogP contribution in [-0.2, 0) is 0 Å². The molecule has 0 aromatic carbocycles. The van der Waals surface area contributed by atoms with Crippen molar-refractivity contribution in [3.63, 3.8) is 0 Å². The molecule has 1 aliphatic carbocycles. The molecule has 2 atom stereocenters. The molecule has 0 unspecified atom stereocenters. The van der Waals surface area contributed by atoms with E-state index in [1.54, 1.807) is 13.3 Å². The molecule has 3 heteroatoms. The number of fused-ring (bicyclic) bond motifs is 1. The predicted octanol–water partition coefficient (Wildman–Crippen LogP) is 2.10. The molecule has 2 aliphatic rings. The van der Waals surface area contributed by atoms with Crippen LogP contribution in [0.1, 0.15) is 18.4 Å². The number of pyridine rings is 1. The van der Waals surface area contributed by atoms with Crippen molar-refractivity contribution in [1.82, 2.24) is 10.3 Å². The third-order valence-electron chi connectivity index (χ3n) is 3.89. The Hall–Kier alpha value is -1.35. The van der Waals surface area contributed by atoms with Gasteiger partial charge >= 0.3 is 0 Å². The van der Waals surface area contributed by atoms with Crippen molar-refractivity contribution in [3.05, 3.63) is 30.1 Å². The van der Waals surface area contributed by atoms with Gasteiger partial charge in [0.05, 0.1) is 13.3 Å². The third kappa shape index (κ3) is 2.07. The molecule has 0 radical (unpaired) electrons. The molecule has 1 fully saturated rings. The minimum atomic E-state index is 0.713. The van der Waals surface area contributed by atoms with Gasteiger partial charge in [-0.15, -0.1) is 0 Å². The van der Waals surface area contributed by atoms with Crippen molar-refractivity contribution in [2.24, 2.45) is 11.8 Å². The summed E-state index contributed by atoms with van der Waals surface area (Å²) in [7, 11) is 1.69. The van der Waals surface area contributed by atoms with E-state index in [4.69, 9.17) is 4.74 Å². The van der Waals surface area contributed by atoms with Gasteiger partial charge in [0.25, 0.3) is 0 Å². The molecular weight excluding hydrogens is 212 g/mol. The van der Waals surface area contributed by atoms with E-state index in [0.717, 1.165) is 18.2 Å². The van der Waals surface area contributed by atoms with Crippen LogP contribution in [0.5, 0.6) is 5.75 Å². The summed E-state index contributed by atoms with van der Waals surface area (Å²) in [5.41, 5.74) is 2.66. The Labute approximate surface area is 102 Å². The molecule has 90 valence electrons. The lowest BCUT2D eigenvalue weighted by Crippen LogP contribution is -2.33. The maximum Gasteiger partial charge on any atom is 0.137 e. The van der Waals surface area contributed by atoms with E-state index in [9.17, 15) is 0 Å². The molecule has 0 amide bonds. The second-order valence-electron chi connectivity index (χ2n) is 4.93. The monoisotopic (exact) mass is 230 g/mol. The first-order chi connectivity index (χ1) is 8.36. The van der Waals surface area contributed by atoms with Crippen LogP contribution < -0.4 is 10.1 Å². The SMILES string of the molecule is COc1cncc(C2=C[C@H]3CNCC[C@H]3C2)c1. The number of hydrogen-bond acceptors (Lipinski definition) is 3. The summed E-state index contributed by atoms with van der Waals surface area (Å²) in [4.78, 5) is 4.24. The van der Waals surface area contributed by atoms with Crippen molar-refractivity contribution < 1.29 is 4.74 Å². The second kappa shape index (κ2) is 4.49. The van der Waals surface area contributed by atoms with Gasteiger partial charge in [0.15, 0.2) is 0 Å². The number of piperidine rings is 1. The van der Waals surface area contributed by atoms with Crippen molar-refractivity contribution in [2.75, 3.05) is 20.2 Å². The van der Waals surface area contributed by atoms with Gasteiger partial charge in [0.1, 0.15) is 5.75 Å². The minimum Gasteiger partial charge on any atom is -0.495 e. The lowest BCUT2D eigenvalue weighted by atomic mass is 9.89. The Bertz CT molecular complexity index is 442. The fraction of sp³-hybridized carbons (Fsp3) is 0.500. The number of nitrogens with one attached hydrogen (secondary N) is 1. The van der Waals surface area contributed by atoms with E-state index < -0.39 is 0 Å². The van der Waals surface area contributed by atoms with E-state index in [1.807, 2.05) is 6.20 Å². The molecule has 3 nitrogen and oxygen atoms in total. The second-order valence-corrected chi connectivity index (χ2v) is 4.93. The molecule has 1 N–H and O–H groups in total. The Morgan fingerprint density at radius 2 is 2.35 bits per heavy atom. The number of allylic oxidation sites excluding steroid dienone is 1. The van der Waals surface area contributed by atoms with Crippen molar-refractivity contribution in [3.8, 4) is 5.75 Å². The summed E-state index contributed by atoms with van der Waals surface area (Å²) < 4.78 is 5.23. The number of hydrogen-bond donors (Lipinski definition) is 1. The maximum absolute atomic E-state index is 5.23. The van der Waals surface area contributed by atoms with Crippen LogP contribution in [-0.4, -0.2) is 25.2 Å². The Kier molecular flexibility index (Phi) is 2.85. The van der Waals surface area contributed by atoms with Gasteiger partial charge in [-0.05, 0) is 48.4 Å². The van der Waals surface area contributed by atoms with Crippen LogP contribution >= 0.6 is 0 Å². The lowest BCUT2D eigenvalue weighted by Gasteiger charge is -2.25. The normalized spacial score (nSPS) is 27.5. The van der Waals surface area contributed by atoms with Gasteiger partial charge in [-0.3, -0.25) is 4.98 Å². The number of ether oxygens (including phenoxy) is 1. The van der Waals surface area contributed by atoms with E-state index in [-0.39, 0.29) is 0 Å². The average Bonchev–Trinajstić information content (AvgIpc) is 2.82. The summed E-state index contributed by atoms with van der Waals surface area (Å²) in [5.74, 6) is 2.39. The molecule has 2 heterocycles. The van der Waals surface area contributed by atoms with Crippen molar-refractivity contribution in [2.45, 2.75) is 12.8 Å². The molecular formula is C14H18N2O. The quantitative estimate of drug-likeness (QED) is 0.845. The number of nitrogens with zero attached hydrogens (tertiary/aromatic N) is 1. The lowest BCUT2D eigenvalue weighted by molar-refractivity contribution is 0.323. The fourth-order valence-corrected chi connectivity index (χ4v) is 2.91. The summed E-state index contributed by atoms with van der Waals surface area (Å²) >= 11 is 0. The highest BCUT2D eigenvalue weighted by Gasteiger charge is 2.30. The first kappa shape index (κ1) is 10.8. The summed E-state index contributed by atoms with van der Waals surface area (Å²) in [6, 6.07) is 2.09. The van der Waals surface area contributed by atoms with Crippen LogP contribution in [0, 0.1) is 11.8 Å². The zero-order valence-electron chi connectivity index (χ0n) is 10.1. The van der Waals surface area contributed by atoms with Crippen LogP contribution in [0.4, 0.5) is 0 Å². The van der Waals surface area contributed by atoms with Gasteiger partial charge in [-0.1, -0.05) is 6.08 Å². The molecule has 0 spiro atoms. The van der Waals surface area contributed by atoms with Crippen LogP contribution in [0.25, 0.3) is 5.57 Å². The fourth-order valence-electron chi connectivity index (χ4n) is 2.91. The molecule has 1 aliphatic heterocycles. The molecule has 3 rings (SSSR count). The predicted molar refractivity (Wildman–Crippen MR) is 67.8 cm³/mol. The molecule has 0 saturated carbocycles. The topological polar surface area (TPSA) is 34.1 Å². The number of aromatic nitrogens is 1. The first-order valence-corrected chi connectivity index (χ1v) is 6.27. The van der Waals surface area contributed by atoms with Crippen molar-refractivity contribution >= 4 is 5.57 Å². The van der Waals surface area contributed by atoms with Gasteiger partial charge < -0.3 is 10.1 Å². The Morgan fingerprint density at radius 1 is 1.41 bits per heavy atom. The minimum absolute atomic E-state index is 0.713. The van der Waals surface area contributed by atoms with Crippen LogP contribution in [0.2, 0.25) is 0 Å². The van der Waals surface area contributed by atoms with Crippen LogP contribution in [0.15, 0.2) is 24.5 Å². The van der Waals surface area contributed by atoms with E-state index in [2.05, 4.69) is 22.4 Å². The third-order valence-corrected chi connectivity index (χ3v) is 3.89. The molecule has 1 saturated heterocycles. The molecule has 0 bridgehead atoms. The largest absolute Gasteiger partial charge is 0.495 e. The summed E-state index contributed by atoms with van der Waals surface area (Å²) in [5, 5.41) is 3.47. The molecule has 1 aromatic heterocycles. The van der Waals surface area contributed by atoms with Crippen LogP contribution in [0.3, 0.4) is 0 Å². The van der Waals surface area contributed by atoms with Crippen molar-refractivity contribution in [1.29, 1.82) is 0 Å². The summed E-state index contributed by atoms with van der Waals surface area (Å²) in [6.07, 6.45) is 8.61. The number of rotatable bonds is 2. The van der Waals surface area contributed by atoms with Gasteiger partial charge in [0.2, 0.25) is 0 Å². The highest BCUT2D eigenvalue weighted by Crippen LogP contribution is 2.39. The molecule has 17 heavy (non-hydrogen) atoms. The van der Waals surface area contributed by atoms with E-state index >= 15 is 0 Å². The van der Waals surface area contributed by atoms with E-state index in [1.165, 1.54) is 30.5 Å². The molecule has 1 aromatic rings. The standard InChI is InChI=1S/C14H18N2O/c1-17-14-6-13(8-16-9-14)11-4-10-2-3-15-7-12(10)5-11/h5-6,8-10,12,15H,2-4,7H2,1H3/t10-,12-/m0/s1. The zero-order chi connectivity index (χ0) is 11.7. The Balaban J connectivity index is 1.84. The number of methoxy groups -OCH3 is 1. The maximum atomic E-state index is 5.23. The van der Waals surface area contributed by atoms with Gasteiger partial charge in [-0.2, -0.15) is 0 Å². The average molecular weight is 230 g/mol. The first-order valence-electron chi connectivity index (χ1n) is 6.27.